The fourth-order valence-electron chi connectivity index (χ4n) is 2.27. The van der Waals surface area contributed by atoms with Crippen LogP contribution >= 0.6 is 15.9 Å². The van der Waals surface area contributed by atoms with Gasteiger partial charge in [0.05, 0.1) is 0 Å². The lowest BCUT2D eigenvalue weighted by Crippen LogP contribution is -2.01. The van der Waals surface area contributed by atoms with Gasteiger partial charge in [0.1, 0.15) is 5.82 Å². The molecule has 0 saturated carbocycles. The Morgan fingerprint density at radius 1 is 1.00 bits per heavy atom. The minimum atomic E-state index is -0.175. The summed E-state index contributed by atoms with van der Waals surface area (Å²) in [5.74, 6) is -0.175. The predicted octanol–water partition coefficient (Wildman–Crippen LogP) is 5.43. The SMILES string of the molecule is Cc1ccc(C)c(CC(Br)c2cc(F)ccc2C)c1. The van der Waals surface area contributed by atoms with E-state index in [0.717, 1.165) is 17.5 Å². The number of halogens is 2. The topological polar surface area (TPSA) is 0 Å². The number of hydrogen-bond donors (Lipinski definition) is 0. The summed E-state index contributed by atoms with van der Waals surface area (Å²) in [7, 11) is 0. The van der Waals surface area contributed by atoms with Crippen molar-refractivity contribution in [1.82, 2.24) is 0 Å². The van der Waals surface area contributed by atoms with E-state index < -0.39 is 0 Å². The van der Waals surface area contributed by atoms with Gasteiger partial charge in [0.25, 0.3) is 0 Å². The van der Waals surface area contributed by atoms with Gasteiger partial charge in [0.2, 0.25) is 0 Å². The molecule has 2 aromatic carbocycles. The molecule has 0 aliphatic rings. The van der Waals surface area contributed by atoms with Crippen LogP contribution in [0.1, 0.15) is 32.6 Å². The molecule has 0 amide bonds. The Balaban J connectivity index is 2.27. The highest BCUT2D eigenvalue weighted by Gasteiger charge is 2.13. The lowest BCUT2D eigenvalue weighted by atomic mass is 9.96. The van der Waals surface area contributed by atoms with Gasteiger partial charge in [0, 0.05) is 4.83 Å². The van der Waals surface area contributed by atoms with E-state index in [-0.39, 0.29) is 10.6 Å². The summed E-state index contributed by atoms with van der Waals surface area (Å²) in [5, 5.41) is 0. The molecule has 2 rings (SSSR count). The van der Waals surface area contributed by atoms with Crippen LogP contribution in [0.5, 0.6) is 0 Å². The molecule has 0 fully saturated rings. The zero-order chi connectivity index (χ0) is 14.0. The highest BCUT2D eigenvalue weighted by atomic mass is 79.9. The third kappa shape index (κ3) is 3.44. The Kier molecular flexibility index (Phi) is 4.41. The zero-order valence-corrected chi connectivity index (χ0v) is 13.1. The molecule has 1 unspecified atom stereocenters. The highest BCUT2D eigenvalue weighted by Crippen LogP contribution is 2.31. The van der Waals surface area contributed by atoms with Gasteiger partial charge >= 0.3 is 0 Å². The van der Waals surface area contributed by atoms with Gasteiger partial charge in [-0.2, -0.15) is 0 Å². The summed E-state index contributed by atoms with van der Waals surface area (Å²) in [6, 6.07) is 11.4. The molecule has 0 aliphatic heterocycles. The van der Waals surface area contributed by atoms with Gasteiger partial charge in [-0.15, -0.1) is 0 Å². The lowest BCUT2D eigenvalue weighted by Gasteiger charge is -2.15. The Morgan fingerprint density at radius 3 is 2.42 bits per heavy atom. The van der Waals surface area contributed by atoms with E-state index in [9.17, 15) is 4.39 Å². The molecule has 0 nitrogen and oxygen atoms in total. The lowest BCUT2D eigenvalue weighted by molar-refractivity contribution is 0.624. The maximum atomic E-state index is 13.4. The summed E-state index contributed by atoms with van der Waals surface area (Å²) < 4.78 is 13.4. The second-order valence-corrected chi connectivity index (χ2v) is 6.21. The van der Waals surface area contributed by atoms with E-state index in [1.54, 1.807) is 6.07 Å². The summed E-state index contributed by atoms with van der Waals surface area (Å²) in [6.07, 6.45) is 0.873. The first kappa shape index (κ1) is 14.3. The van der Waals surface area contributed by atoms with Gasteiger partial charge in [-0.05, 0) is 61.6 Å². The Bertz CT molecular complexity index is 590. The van der Waals surface area contributed by atoms with Gasteiger partial charge in [-0.1, -0.05) is 45.8 Å². The largest absolute Gasteiger partial charge is 0.207 e. The van der Waals surface area contributed by atoms with Crippen LogP contribution in [0, 0.1) is 26.6 Å². The first-order chi connectivity index (χ1) is 8.97. The van der Waals surface area contributed by atoms with Crippen LogP contribution in [0.15, 0.2) is 36.4 Å². The maximum Gasteiger partial charge on any atom is 0.123 e. The highest BCUT2D eigenvalue weighted by molar-refractivity contribution is 9.09. The fraction of sp³-hybridized carbons (Fsp3) is 0.294. The second-order valence-electron chi connectivity index (χ2n) is 5.10. The van der Waals surface area contributed by atoms with E-state index in [4.69, 9.17) is 0 Å². The molecular weight excluding hydrogens is 303 g/mol. The van der Waals surface area contributed by atoms with Crippen molar-refractivity contribution in [3.05, 3.63) is 70.0 Å². The van der Waals surface area contributed by atoms with Crippen LogP contribution in [-0.4, -0.2) is 0 Å². The number of aryl methyl sites for hydroxylation is 3. The molecule has 2 aromatic rings. The maximum absolute atomic E-state index is 13.4. The van der Waals surface area contributed by atoms with Crippen molar-refractivity contribution in [3.8, 4) is 0 Å². The van der Waals surface area contributed by atoms with Crippen molar-refractivity contribution in [3.63, 3.8) is 0 Å². The predicted molar refractivity (Wildman–Crippen MR) is 82.4 cm³/mol. The smallest absolute Gasteiger partial charge is 0.123 e. The van der Waals surface area contributed by atoms with Crippen LogP contribution in [0.3, 0.4) is 0 Å². The first-order valence-corrected chi connectivity index (χ1v) is 7.35. The van der Waals surface area contributed by atoms with E-state index in [0.29, 0.717) is 0 Å². The number of hydrogen-bond acceptors (Lipinski definition) is 0. The Hall–Kier alpha value is -1.15. The molecule has 0 radical (unpaired) electrons. The monoisotopic (exact) mass is 320 g/mol. The zero-order valence-electron chi connectivity index (χ0n) is 11.5. The minimum absolute atomic E-state index is 0.142. The third-order valence-corrected chi connectivity index (χ3v) is 4.30. The average Bonchev–Trinajstić information content (AvgIpc) is 2.36. The summed E-state index contributed by atoms with van der Waals surface area (Å²) >= 11 is 3.70. The average molecular weight is 321 g/mol. The van der Waals surface area contributed by atoms with Crippen LogP contribution in [0.4, 0.5) is 4.39 Å². The van der Waals surface area contributed by atoms with Crippen molar-refractivity contribution >= 4 is 15.9 Å². The molecule has 0 heterocycles. The van der Waals surface area contributed by atoms with Crippen LogP contribution in [0.2, 0.25) is 0 Å². The standard InChI is InChI=1S/C17H18BrF/c1-11-4-5-12(2)14(8-11)9-17(18)16-10-15(19)7-6-13(16)3/h4-8,10,17H,9H2,1-3H3. The van der Waals surface area contributed by atoms with E-state index >= 15 is 0 Å². The molecule has 1 atom stereocenters. The van der Waals surface area contributed by atoms with Gasteiger partial charge in [-0.25, -0.2) is 4.39 Å². The van der Waals surface area contributed by atoms with Crippen molar-refractivity contribution in [2.45, 2.75) is 32.0 Å². The number of alkyl halides is 1. The molecular formula is C17H18BrF. The Morgan fingerprint density at radius 2 is 1.68 bits per heavy atom. The molecule has 19 heavy (non-hydrogen) atoms. The molecule has 0 bridgehead atoms. The van der Waals surface area contributed by atoms with Crippen LogP contribution in [0.25, 0.3) is 0 Å². The second kappa shape index (κ2) is 5.87. The molecule has 0 saturated heterocycles. The van der Waals surface area contributed by atoms with Crippen molar-refractivity contribution in [1.29, 1.82) is 0 Å². The third-order valence-electron chi connectivity index (χ3n) is 3.48. The summed E-state index contributed by atoms with van der Waals surface area (Å²) in [5.41, 5.74) is 6.00. The van der Waals surface area contributed by atoms with Gasteiger partial charge in [0.15, 0.2) is 0 Å². The Labute approximate surface area is 122 Å². The van der Waals surface area contributed by atoms with Crippen LogP contribution in [-0.2, 0) is 6.42 Å². The van der Waals surface area contributed by atoms with Crippen molar-refractivity contribution in [2.75, 3.05) is 0 Å². The molecule has 0 aliphatic carbocycles. The van der Waals surface area contributed by atoms with Gasteiger partial charge in [-0.3, -0.25) is 0 Å². The molecule has 0 spiro atoms. The normalized spacial score (nSPS) is 12.5. The quantitative estimate of drug-likeness (QED) is 0.661. The molecule has 2 heteroatoms. The van der Waals surface area contributed by atoms with Crippen LogP contribution < -0.4 is 0 Å². The van der Waals surface area contributed by atoms with Gasteiger partial charge < -0.3 is 0 Å². The molecule has 0 N–H and O–H groups in total. The molecule has 0 aromatic heterocycles. The fourth-order valence-corrected chi connectivity index (χ4v) is 3.11. The minimum Gasteiger partial charge on any atom is -0.207 e. The van der Waals surface area contributed by atoms with Crippen molar-refractivity contribution in [2.24, 2.45) is 0 Å². The first-order valence-electron chi connectivity index (χ1n) is 6.43. The van der Waals surface area contributed by atoms with E-state index in [2.05, 4.69) is 48.0 Å². The number of benzene rings is 2. The van der Waals surface area contributed by atoms with E-state index in [1.807, 2.05) is 13.0 Å². The van der Waals surface area contributed by atoms with Crippen molar-refractivity contribution < 1.29 is 4.39 Å². The van der Waals surface area contributed by atoms with E-state index in [1.165, 1.54) is 22.8 Å². The molecule has 100 valence electrons. The summed E-state index contributed by atoms with van der Waals surface area (Å²) in [6.45, 7) is 6.23. The number of rotatable bonds is 3. The summed E-state index contributed by atoms with van der Waals surface area (Å²) in [4.78, 5) is 0.142.